The molecule has 3 N–H and O–H groups in total. The summed E-state index contributed by atoms with van der Waals surface area (Å²) in [4.78, 5) is 26.4. The molecule has 2 heterocycles. The second kappa shape index (κ2) is 12.9. The van der Waals surface area contributed by atoms with Gasteiger partial charge in [0.25, 0.3) is 5.91 Å². The van der Waals surface area contributed by atoms with Crippen LogP contribution in [0.1, 0.15) is 57.2 Å². The zero-order chi connectivity index (χ0) is 34.1. The maximum absolute atomic E-state index is 14.6. The first-order valence-electron chi connectivity index (χ1n) is 15.2. The molecule has 3 aromatic rings. The smallest absolute Gasteiger partial charge is 0.349 e. The molecule has 0 aliphatic carbocycles. The number of nitrogens with one attached hydrogen (secondary N) is 2. The van der Waals surface area contributed by atoms with Crippen LogP contribution in [0, 0.1) is 5.82 Å². The second-order valence-corrected chi connectivity index (χ2v) is 14.9. The highest BCUT2D eigenvalue weighted by atomic mass is 32.2. The van der Waals surface area contributed by atoms with E-state index >= 15 is 0 Å². The van der Waals surface area contributed by atoms with E-state index in [4.69, 9.17) is 18.9 Å². The van der Waals surface area contributed by atoms with Crippen molar-refractivity contribution < 1.29 is 46.5 Å². The van der Waals surface area contributed by atoms with Gasteiger partial charge in [0.05, 0.1) is 25.2 Å². The van der Waals surface area contributed by atoms with Gasteiger partial charge in [0.15, 0.2) is 0 Å². The first-order valence-corrected chi connectivity index (χ1v) is 17.1. The summed E-state index contributed by atoms with van der Waals surface area (Å²) in [6.45, 7) is 9.13. The van der Waals surface area contributed by atoms with Gasteiger partial charge in [-0.25, -0.2) is 17.6 Å². The number of carboxylic acids is 1. The zero-order valence-electron chi connectivity index (χ0n) is 26.9. The van der Waals surface area contributed by atoms with E-state index in [1.54, 1.807) is 24.3 Å². The average Bonchev–Trinajstić information content (AvgIpc) is 2.97. The van der Waals surface area contributed by atoms with E-state index in [2.05, 4.69) is 37.7 Å². The van der Waals surface area contributed by atoms with E-state index in [0.717, 1.165) is 36.3 Å². The third-order valence-electron chi connectivity index (χ3n) is 8.43. The van der Waals surface area contributed by atoms with Crippen LogP contribution in [0.2, 0.25) is 0 Å². The van der Waals surface area contributed by atoms with E-state index in [-0.39, 0.29) is 34.6 Å². The van der Waals surface area contributed by atoms with Crippen molar-refractivity contribution in [2.45, 2.75) is 70.1 Å². The Balaban J connectivity index is 1.42. The normalized spacial score (nSPS) is 17.4. The Labute approximate surface area is 273 Å². The molecular formula is C34H39FN2O9S. The van der Waals surface area contributed by atoms with E-state index in [1.165, 1.54) is 12.1 Å². The van der Waals surface area contributed by atoms with Crippen LogP contribution >= 0.6 is 0 Å². The first-order chi connectivity index (χ1) is 22.0. The summed E-state index contributed by atoms with van der Waals surface area (Å²) in [5.74, 6) is -1.66. The first kappa shape index (κ1) is 33.8. The van der Waals surface area contributed by atoms with E-state index in [1.807, 2.05) is 12.1 Å². The maximum atomic E-state index is 14.6. The van der Waals surface area contributed by atoms with Gasteiger partial charge in [-0.05, 0) is 53.5 Å². The molecule has 252 valence electrons. The number of fused-ring (bicyclic) bond motifs is 2. The largest absolute Gasteiger partial charge is 0.493 e. The van der Waals surface area contributed by atoms with E-state index in [0.29, 0.717) is 30.3 Å². The lowest BCUT2D eigenvalue weighted by Crippen LogP contribution is -2.51. The predicted molar refractivity (Wildman–Crippen MR) is 172 cm³/mol. The monoisotopic (exact) mass is 670 g/mol. The summed E-state index contributed by atoms with van der Waals surface area (Å²) >= 11 is 0. The number of anilines is 1. The Hall–Kier alpha value is -4.52. The summed E-state index contributed by atoms with van der Waals surface area (Å²) in [6, 6.07) is 13.9. The minimum atomic E-state index is -3.71. The highest BCUT2D eigenvalue weighted by molar-refractivity contribution is 7.92. The van der Waals surface area contributed by atoms with Gasteiger partial charge < -0.3 is 29.4 Å². The number of amides is 1. The fourth-order valence-electron chi connectivity index (χ4n) is 5.64. The van der Waals surface area contributed by atoms with Crippen molar-refractivity contribution in [2.24, 2.45) is 0 Å². The lowest BCUT2D eigenvalue weighted by molar-refractivity contribution is -0.154. The Bertz CT molecular complexity index is 1790. The average molecular weight is 671 g/mol. The Morgan fingerprint density at radius 3 is 1.89 bits per heavy atom. The zero-order valence-corrected chi connectivity index (χ0v) is 27.7. The molecule has 0 bridgehead atoms. The highest BCUT2D eigenvalue weighted by Crippen LogP contribution is 2.42. The lowest BCUT2D eigenvalue weighted by atomic mass is 9.80. The van der Waals surface area contributed by atoms with Crippen LogP contribution in [0.15, 0.2) is 54.6 Å². The van der Waals surface area contributed by atoms with Crippen LogP contribution in [0.25, 0.3) is 0 Å². The number of aliphatic carboxylic acids is 1. The van der Waals surface area contributed by atoms with Gasteiger partial charge in [0.2, 0.25) is 22.2 Å². The van der Waals surface area contributed by atoms with Crippen LogP contribution in [0.4, 0.5) is 10.1 Å². The molecule has 0 saturated carbocycles. The number of hydrogen-bond donors (Lipinski definition) is 3. The molecule has 2 aliphatic rings. The van der Waals surface area contributed by atoms with Crippen LogP contribution in [-0.4, -0.2) is 57.1 Å². The Kier molecular flexibility index (Phi) is 9.31. The number of carbonyl (C=O) groups excluding carboxylic acids is 1. The topological polar surface area (TPSA) is 149 Å². The van der Waals surface area contributed by atoms with Gasteiger partial charge in [0, 0.05) is 29.8 Å². The van der Waals surface area contributed by atoms with E-state index < -0.39 is 39.9 Å². The molecule has 0 spiro atoms. The van der Waals surface area contributed by atoms with Gasteiger partial charge in [0.1, 0.15) is 28.8 Å². The molecule has 0 fully saturated rings. The molecule has 1 amide bonds. The molecule has 5 rings (SSSR count). The molecule has 0 radical (unpaired) electrons. The molecule has 0 saturated heterocycles. The lowest BCUT2D eigenvalue weighted by Gasteiger charge is -2.33. The van der Waals surface area contributed by atoms with Crippen molar-refractivity contribution in [3.05, 3.63) is 77.1 Å². The number of carbonyl (C=O) groups is 2. The quantitative estimate of drug-likeness (QED) is 0.259. The van der Waals surface area contributed by atoms with E-state index in [9.17, 15) is 27.5 Å². The van der Waals surface area contributed by atoms with Gasteiger partial charge in [-0.3, -0.25) is 9.52 Å². The summed E-state index contributed by atoms with van der Waals surface area (Å²) in [5.41, 5.74) is 1.65. The second-order valence-electron chi connectivity index (χ2n) is 13.1. The van der Waals surface area contributed by atoms with Crippen molar-refractivity contribution in [1.29, 1.82) is 0 Å². The van der Waals surface area contributed by atoms with Gasteiger partial charge in [-0.15, -0.1) is 0 Å². The summed E-state index contributed by atoms with van der Waals surface area (Å²) in [7, 11) is -3.71. The molecule has 0 aromatic heterocycles. The minimum Gasteiger partial charge on any atom is -0.493 e. The molecule has 3 aromatic carbocycles. The third-order valence-corrected chi connectivity index (χ3v) is 9.02. The number of halogens is 1. The summed E-state index contributed by atoms with van der Waals surface area (Å²) in [6.07, 6.45) is -0.984. The standard InChI is InChI=1S/C34H39FN2O9S/c1-33(2)12-14-43-27-17-21(7-9-23(27)33)45-29(31(38)36-19-20-6-11-26(25(35)16-20)37-47(5,41)42)30(32(39)40)46-22-8-10-24-28(18-22)44-15-13-34(24,3)4/h6-11,16-18,29-30,37H,12-15,19H2,1-5H3,(H,36,38)(H,39,40). The number of rotatable bonds is 11. The van der Waals surface area contributed by atoms with Crippen molar-refractivity contribution in [1.82, 2.24) is 5.32 Å². The number of ether oxygens (including phenoxy) is 4. The molecule has 2 unspecified atom stereocenters. The van der Waals surface area contributed by atoms with Crippen molar-refractivity contribution in [2.75, 3.05) is 24.2 Å². The summed E-state index contributed by atoms with van der Waals surface area (Å²) < 4.78 is 63.4. The molecule has 13 heteroatoms. The molecular weight excluding hydrogens is 631 g/mol. The number of carboxylic acid groups (broad SMARTS) is 1. The fraction of sp³-hybridized carbons (Fsp3) is 0.412. The Morgan fingerprint density at radius 2 is 1.40 bits per heavy atom. The van der Waals surface area contributed by atoms with Crippen LogP contribution in [-0.2, 0) is 37.0 Å². The highest BCUT2D eigenvalue weighted by Gasteiger charge is 2.39. The molecule has 11 nitrogen and oxygen atoms in total. The third kappa shape index (κ3) is 7.90. The molecule has 47 heavy (non-hydrogen) atoms. The van der Waals surface area contributed by atoms with Gasteiger partial charge in [-0.1, -0.05) is 45.9 Å². The maximum Gasteiger partial charge on any atom is 0.349 e. The fourth-order valence-corrected chi connectivity index (χ4v) is 6.20. The predicted octanol–water partition coefficient (Wildman–Crippen LogP) is 4.91. The molecule has 2 aliphatic heterocycles. The number of hydrogen-bond acceptors (Lipinski definition) is 8. The van der Waals surface area contributed by atoms with Crippen LogP contribution in [0.3, 0.4) is 0 Å². The number of sulfonamides is 1. The van der Waals surface area contributed by atoms with Crippen LogP contribution in [0.5, 0.6) is 23.0 Å². The van der Waals surface area contributed by atoms with Crippen molar-refractivity contribution >= 4 is 27.6 Å². The minimum absolute atomic E-state index is 0.147. The van der Waals surface area contributed by atoms with Crippen molar-refractivity contribution in [3.8, 4) is 23.0 Å². The number of benzene rings is 3. The van der Waals surface area contributed by atoms with Crippen LogP contribution < -0.4 is 29.0 Å². The van der Waals surface area contributed by atoms with Crippen molar-refractivity contribution in [3.63, 3.8) is 0 Å². The summed E-state index contributed by atoms with van der Waals surface area (Å²) in [5, 5.41) is 12.9. The SMILES string of the molecule is CC1(C)CCOc2cc(OC(C(=O)O)C(Oc3ccc4c(c3)OCCC4(C)C)C(=O)NCc3ccc(NS(C)(=O)=O)c(F)c3)ccc21. The Morgan fingerprint density at radius 1 is 0.872 bits per heavy atom. The van der Waals surface area contributed by atoms with Gasteiger partial charge in [-0.2, -0.15) is 0 Å². The van der Waals surface area contributed by atoms with Gasteiger partial charge >= 0.3 is 5.97 Å². The molecule has 2 atom stereocenters.